The van der Waals surface area contributed by atoms with Crippen LogP contribution in [-0.2, 0) is 6.42 Å². The Morgan fingerprint density at radius 2 is 1.96 bits per heavy atom. The number of rotatable bonds is 7. The Kier molecular flexibility index (Phi) is 6.97. The number of benzene rings is 1. The standard InChI is InChI=1S/C23H27ClO3S/c1-14-10-15(2)12-16(11-14)6-8-19-18(20(24)13-21(19)25)5-3-4-17-7-9-22(28-17)23(26)27/h6-12,18-21,25H,3-5,13H2,1-2H3,(H,26,27)/t18?,19-,20-,21?/m1/s1. The van der Waals surface area contributed by atoms with Crippen LogP contribution >= 0.6 is 22.9 Å². The van der Waals surface area contributed by atoms with Gasteiger partial charge in [0, 0.05) is 16.2 Å². The minimum Gasteiger partial charge on any atom is -0.477 e. The average molecular weight is 419 g/mol. The van der Waals surface area contributed by atoms with E-state index in [1.165, 1.54) is 22.5 Å². The fourth-order valence-corrected chi connectivity index (χ4v) is 5.57. The van der Waals surface area contributed by atoms with Gasteiger partial charge in [0.2, 0.25) is 0 Å². The number of carbonyl (C=O) groups is 1. The van der Waals surface area contributed by atoms with Gasteiger partial charge in [0.25, 0.3) is 0 Å². The van der Waals surface area contributed by atoms with E-state index in [0.29, 0.717) is 11.3 Å². The summed E-state index contributed by atoms with van der Waals surface area (Å²) in [7, 11) is 0. The van der Waals surface area contributed by atoms with Crippen LogP contribution in [0.15, 0.2) is 36.4 Å². The molecule has 5 heteroatoms. The van der Waals surface area contributed by atoms with Crippen LogP contribution in [0.2, 0.25) is 0 Å². The molecule has 0 amide bonds. The van der Waals surface area contributed by atoms with Crippen molar-refractivity contribution in [2.45, 2.75) is 51.0 Å². The molecule has 0 aliphatic heterocycles. The van der Waals surface area contributed by atoms with Crippen LogP contribution in [0.1, 0.15) is 50.5 Å². The highest BCUT2D eigenvalue weighted by molar-refractivity contribution is 7.13. The van der Waals surface area contributed by atoms with Gasteiger partial charge >= 0.3 is 5.97 Å². The van der Waals surface area contributed by atoms with E-state index in [2.05, 4.69) is 44.2 Å². The number of hydrogen-bond donors (Lipinski definition) is 2. The van der Waals surface area contributed by atoms with E-state index in [0.717, 1.165) is 29.7 Å². The molecule has 1 saturated carbocycles. The second-order valence-electron chi connectivity index (χ2n) is 7.80. The molecular formula is C23H27ClO3S. The molecule has 4 atom stereocenters. The number of aliphatic hydroxyl groups is 1. The molecule has 1 fully saturated rings. The first kappa shape index (κ1) is 21.1. The predicted molar refractivity (Wildman–Crippen MR) is 116 cm³/mol. The molecule has 0 radical (unpaired) electrons. The first-order valence-electron chi connectivity index (χ1n) is 9.74. The Morgan fingerprint density at radius 1 is 1.25 bits per heavy atom. The number of carboxylic acid groups (broad SMARTS) is 1. The van der Waals surface area contributed by atoms with Crippen molar-refractivity contribution in [3.8, 4) is 0 Å². The number of halogens is 1. The maximum atomic E-state index is 11.0. The minimum absolute atomic E-state index is 0.0261. The van der Waals surface area contributed by atoms with Gasteiger partial charge in [-0.2, -0.15) is 0 Å². The SMILES string of the molecule is Cc1cc(C)cc(C=C[C@H]2C(O)C[C@@H](Cl)C2CCCc2ccc(C(=O)O)s2)c1. The average Bonchev–Trinajstić information content (AvgIpc) is 3.18. The zero-order valence-electron chi connectivity index (χ0n) is 16.3. The van der Waals surface area contributed by atoms with E-state index in [-0.39, 0.29) is 17.2 Å². The number of aliphatic hydroxyl groups excluding tert-OH is 1. The molecule has 1 aromatic heterocycles. The number of thiophene rings is 1. The summed E-state index contributed by atoms with van der Waals surface area (Å²) in [5, 5.41) is 19.5. The Bertz CT molecular complexity index is 837. The highest BCUT2D eigenvalue weighted by Gasteiger charge is 2.39. The van der Waals surface area contributed by atoms with Crippen molar-refractivity contribution in [2.75, 3.05) is 0 Å². The minimum atomic E-state index is -0.868. The number of hydrogen-bond acceptors (Lipinski definition) is 3. The van der Waals surface area contributed by atoms with Crippen LogP contribution in [-0.4, -0.2) is 27.7 Å². The highest BCUT2D eigenvalue weighted by atomic mass is 35.5. The first-order valence-corrected chi connectivity index (χ1v) is 11.0. The smallest absolute Gasteiger partial charge is 0.345 e. The number of aryl methyl sites for hydroxylation is 3. The molecule has 1 aliphatic rings. The van der Waals surface area contributed by atoms with E-state index in [9.17, 15) is 9.90 Å². The number of carboxylic acids is 1. The molecule has 2 aromatic rings. The van der Waals surface area contributed by atoms with E-state index in [4.69, 9.17) is 16.7 Å². The van der Waals surface area contributed by atoms with Crippen LogP contribution in [0, 0.1) is 25.7 Å². The third kappa shape index (κ3) is 5.25. The summed E-state index contributed by atoms with van der Waals surface area (Å²) in [6.07, 6.45) is 7.16. The summed E-state index contributed by atoms with van der Waals surface area (Å²) in [5.74, 6) is -0.577. The fraction of sp³-hybridized carbons (Fsp3) is 0.435. The molecule has 0 spiro atoms. The third-order valence-electron chi connectivity index (χ3n) is 5.46. The van der Waals surface area contributed by atoms with Crippen molar-refractivity contribution in [1.29, 1.82) is 0 Å². The summed E-state index contributed by atoms with van der Waals surface area (Å²) in [4.78, 5) is 12.5. The van der Waals surface area contributed by atoms with Crippen molar-refractivity contribution in [3.63, 3.8) is 0 Å². The summed E-state index contributed by atoms with van der Waals surface area (Å²) in [6, 6.07) is 10.0. The lowest BCUT2D eigenvalue weighted by Crippen LogP contribution is -2.18. The van der Waals surface area contributed by atoms with Crippen molar-refractivity contribution < 1.29 is 15.0 Å². The molecule has 1 aromatic carbocycles. The summed E-state index contributed by atoms with van der Waals surface area (Å²) in [5.41, 5.74) is 3.62. The Morgan fingerprint density at radius 3 is 2.61 bits per heavy atom. The van der Waals surface area contributed by atoms with Gasteiger partial charge in [0.05, 0.1) is 6.10 Å². The lowest BCUT2D eigenvalue weighted by molar-refractivity contribution is 0.0702. The Hall–Kier alpha value is -1.62. The van der Waals surface area contributed by atoms with Gasteiger partial charge in [0.1, 0.15) is 4.88 Å². The van der Waals surface area contributed by atoms with E-state index in [1.54, 1.807) is 6.07 Å². The maximum absolute atomic E-state index is 11.0. The van der Waals surface area contributed by atoms with Gasteiger partial charge in [-0.1, -0.05) is 41.5 Å². The molecule has 0 saturated heterocycles. The molecule has 2 unspecified atom stereocenters. The van der Waals surface area contributed by atoms with E-state index in [1.807, 2.05) is 6.07 Å². The fourth-order valence-electron chi connectivity index (χ4n) is 4.20. The Balaban J connectivity index is 1.62. The summed E-state index contributed by atoms with van der Waals surface area (Å²) in [6.45, 7) is 4.18. The molecule has 2 N–H and O–H groups in total. The summed E-state index contributed by atoms with van der Waals surface area (Å²) < 4.78 is 0. The van der Waals surface area contributed by atoms with Crippen molar-refractivity contribution in [1.82, 2.24) is 0 Å². The topological polar surface area (TPSA) is 57.5 Å². The highest BCUT2D eigenvalue weighted by Crippen LogP contribution is 2.40. The Labute approximate surface area is 175 Å². The quantitative estimate of drug-likeness (QED) is 0.566. The normalized spacial score (nSPS) is 24.9. The second-order valence-corrected chi connectivity index (χ2v) is 9.53. The third-order valence-corrected chi connectivity index (χ3v) is 7.09. The predicted octanol–water partition coefficient (Wildman–Crippen LogP) is 5.70. The molecule has 28 heavy (non-hydrogen) atoms. The molecule has 3 rings (SSSR count). The monoisotopic (exact) mass is 418 g/mol. The molecule has 1 aliphatic carbocycles. The van der Waals surface area contributed by atoms with Crippen molar-refractivity contribution >= 4 is 35.0 Å². The van der Waals surface area contributed by atoms with E-state index < -0.39 is 12.1 Å². The molecular weight excluding hydrogens is 392 g/mol. The molecule has 0 bridgehead atoms. The van der Waals surface area contributed by atoms with Crippen LogP contribution in [0.25, 0.3) is 6.08 Å². The lowest BCUT2D eigenvalue weighted by atomic mass is 9.89. The van der Waals surface area contributed by atoms with Gasteiger partial charge in [-0.15, -0.1) is 22.9 Å². The molecule has 3 nitrogen and oxygen atoms in total. The first-order chi connectivity index (χ1) is 13.3. The largest absolute Gasteiger partial charge is 0.477 e. The lowest BCUT2D eigenvalue weighted by Gasteiger charge is -2.20. The summed E-state index contributed by atoms with van der Waals surface area (Å²) >= 11 is 7.90. The van der Waals surface area contributed by atoms with E-state index >= 15 is 0 Å². The van der Waals surface area contributed by atoms with Gasteiger partial charge in [0.15, 0.2) is 0 Å². The van der Waals surface area contributed by atoms with Gasteiger partial charge < -0.3 is 10.2 Å². The van der Waals surface area contributed by atoms with Gasteiger partial charge in [-0.05, 0) is 63.1 Å². The van der Waals surface area contributed by atoms with Crippen LogP contribution in [0.3, 0.4) is 0 Å². The van der Waals surface area contributed by atoms with Crippen LogP contribution in [0.5, 0.6) is 0 Å². The second kappa shape index (κ2) is 9.25. The maximum Gasteiger partial charge on any atom is 0.345 e. The van der Waals surface area contributed by atoms with Crippen LogP contribution in [0.4, 0.5) is 0 Å². The zero-order chi connectivity index (χ0) is 20.3. The van der Waals surface area contributed by atoms with Crippen molar-refractivity contribution in [3.05, 3.63) is 62.9 Å². The van der Waals surface area contributed by atoms with Gasteiger partial charge in [-0.25, -0.2) is 4.79 Å². The molecule has 150 valence electrons. The van der Waals surface area contributed by atoms with Gasteiger partial charge in [-0.3, -0.25) is 0 Å². The van der Waals surface area contributed by atoms with Crippen molar-refractivity contribution in [2.24, 2.45) is 11.8 Å². The van der Waals surface area contributed by atoms with Crippen LogP contribution < -0.4 is 0 Å². The molecule has 1 heterocycles. The number of aromatic carboxylic acids is 1. The number of alkyl halides is 1. The zero-order valence-corrected chi connectivity index (χ0v) is 17.8.